The molecule has 0 aliphatic carbocycles. The highest BCUT2D eigenvalue weighted by atomic mass is 35.5. The van der Waals surface area contributed by atoms with Gasteiger partial charge in [-0.05, 0) is 49.0 Å². The van der Waals surface area contributed by atoms with E-state index in [9.17, 15) is 0 Å². The molecule has 0 fully saturated rings. The van der Waals surface area contributed by atoms with Crippen molar-refractivity contribution in [3.8, 4) is 0 Å². The van der Waals surface area contributed by atoms with Crippen molar-refractivity contribution >= 4 is 28.7 Å². The van der Waals surface area contributed by atoms with Crippen LogP contribution in [-0.4, -0.2) is 19.6 Å². The van der Waals surface area contributed by atoms with E-state index >= 15 is 0 Å². The number of nitrogens with zero attached hydrogens (tertiary/aromatic N) is 1. The summed E-state index contributed by atoms with van der Waals surface area (Å²) < 4.78 is 0. The number of nitrogens with one attached hydrogen (secondary N) is 2. The maximum absolute atomic E-state index is 6.15. The quantitative estimate of drug-likeness (QED) is 0.637. The van der Waals surface area contributed by atoms with E-state index < -0.39 is 0 Å². The fourth-order valence-electron chi connectivity index (χ4n) is 3.20. The SMILES string of the molecule is C/C(N)=C1/NCCN(c2ccc(Cl)cc2)c2cc(CN/C=C\CN)ccc21. The van der Waals surface area contributed by atoms with Crippen molar-refractivity contribution in [2.45, 2.75) is 13.5 Å². The van der Waals surface area contributed by atoms with Gasteiger partial charge < -0.3 is 27.0 Å². The van der Waals surface area contributed by atoms with E-state index in [4.69, 9.17) is 23.1 Å². The molecule has 0 unspecified atom stereocenters. The van der Waals surface area contributed by atoms with Crippen LogP contribution < -0.4 is 27.0 Å². The summed E-state index contributed by atoms with van der Waals surface area (Å²) in [6, 6.07) is 14.4. The largest absolute Gasteiger partial charge is 0.401 e. The van der Waals surface area contributed by atoms with E-state index in [1.54, 1.807) is 0 Å². The second-order valence-corrected chi connectivity index (χ2v) is 6.92. The first-order chi connectivity index (χ1) is 13.1. The van der Waals surface area contributed by atoms with Crippen LogP contribution in [0.5, 0.6) is 0 Å². The third-order valence-corrected chi connectivity index (χ3v) is 4.72. The lowest BCUT2D eigenvalue weighted by Crippen LogP contribution is -2.24. The normalized spacial score (nSPS) is 15.9. The number of benzene rings is 2. The zero-order valence-electron chi connectivity index (χ0n) is 15.5. The number of halogens is 1. The molecule has 1 aliphatic rings. The average Bonchev–Trinajstić information content (AvgIpc) is 2.85. The summed E-state index contributed by atoms with van der Waals surface area (Å²) >= 11 is 6.08. The second kappa shape index (κ2) is 8.84. The highest BCUT2D eigenvalue weighted by Gasteiger charge is 2.21. The Hall–Kier alpha value is -2.63. The Kier molecular flexibility index (Phi) is 6.27. The molecule has 0 spiro atoms. The summed E-state index contributed by atoms with van der Waals surface area (Å²) in [6.07, 6.45) is 3.78. The molecule has 0 bridgehead atoms. The van der Waals surface area contributed by atoms with Crippen molar-refractivity contribution in [1.29, 1.82) is 0 Å². The van der Waals surface area contributed by atoms with Crippen molar-refractivity contribution in [1.82, 2.24) is 10.6 Å². The van der Waals surface area contributed by atoms with Gasteiger partial charge in [0.15, 0.2) is 0 Å². The molecule has 3 rings (SSSR count). The highest BCUT2D eigenvalue weighted by molar-refractivity contribution is 6.30. The first kappa shape index (κ1) is 19.1. The molecule has 0 radical (unpaired) electrons. The molecule has 6 heteroatoms. The van der Waals surface area contributed by atoms with Gasteiger partial charge in [-0.1, -0.05) is 29.8 Å². The lowest BCUT2D eigenvalue weighted by Gasteiger charge is -2.25. The number of anilines is 2. The van der Waals surface area contributed by atoms with Gasteiger partial charge in [0, 0.05) is 48.1 Å². The molecule has 0 amide bonds. The Balaban J connectivity index is 2.02. The van der Waals surface area contributed by atoms with E-state index in [1.807, 2.05) is 43.5 Å². The Morgan fingerprint density at radius 1 is 1.26 bits per heavy atom. The number of rotatable bonds is 5. The number of fused-ring (bicyclic) bond motifs is 1. The minimum atomic E-state index is 0.525. The zero-order valence-corrected chi connectivity index (χ0v) is 16.3. The Morgan fingerprint density at radius 2 is 2.04 bits per heavy atom. The predicted octanol–water partition coefficient (Wildman–Crippen LogP) is 3.29. The van der Waals surface area contributed by atoms with Crippen LogP contribution in [0.15, 0.2) is 60.4 Å². The third-order valence-electron chi connectivity index (χ3n) is 4.47. The van der Waals surface area contributed by atoms with Crippen molar-refractivity contribution in [2.24, 2.45) is 11.5 Å². The zero-order chi connectivity index (χ0) is 19.2. The Bertz CT molecular complexity index is 838. The van der Waals surface area contributed by atoms with E-state index in [1.165, 1.54) is 5.56 Å². The van der Waals surface area contributed by atoms with Gasteiger partial charge in [0.25, 0.3) is 0 Å². The molecule has 0 atom stereocenters. The number of allylic oxidation sites excluding steroid dienone is 1. The highest BCUT2D eigenvalue weighted by Crippen LogP contribution is 2.35. The molecule has 6 N–H and O–H groups in total. The molecule has 1 aliphatic heterocycles. The molecule has 2 aromatic carbocycles. The van der Waals surface area contributed by atoms with Crippen molar-refractivity contribution < 1.29 is 0 Å². The summed E-state index contributed by atoms with van der Waals surface area (Å²) in [4.78, 5) is 2.30. The Labute approximate surface area is 165 Å². The fraction of sp³-hybridized carbons (Fsp3) is 0.238. The first-order valence-electron chi connectivity index (χ1n) is 9.05. The van der Waals surface area contributed by atoms with Gasteiger partial charge in [-0.3, -0.25) is 0 Å². The molecule has 2 aromatic rings. The van der Waals surface area contributed by atoms with Gasteiger partial charge >= 0.3 is 0 Å². The van der Waals surface area contributed by atoms with Crippen LogP contribution in [0.2, 0.25) is 5.02 Å². The van der Waals surface area contributed by atoms with Gasteiger partial charge in [-0.15, -0.1) is 0 Å². The van der Waals surface area contributed by atoms with E-state index in [0.717, 1.165) is 53.0 Å². The van der Waals surface area contributed by atoms with Crippen LogP contribution in [0.25, 0.3) is 5.70 Å². The summed E-state index contributed by atoms with van der Waals surface area (Å²) in [5, 5.41) is 7.48. The minimum absolute atomic E-state index is 0.525. The van der Waals surface area contributed by atoms with Gasteiger partial charge in [0.1, 0.15) is 0 Å². The lowest BCUT2D eigenvalue weighted by atomic mass is 10.0. The molecule has 142 valence electrons. The standard InChI is InChI=1S/C21H26ClN5/c1-15(24)21-19-8-3-16(14-25-10-2-9-23)13-20(19)27(12-11-26-21)18-6-4-17(22)5-7-18/h2-8,10,13,25-26H,9,11-12,14,23-24H2,1H3/b10-2-,21-15-. The van der Waals surface area contributed by atoms with Crippen molar-refractivity contribution in [3.63, 3.8) is 0 Å². The van der Waals surface area contributed by atoms with Gasteiger partial charge in [0.2, 0.25) is 0 Å². The molecular weight excluding hydrogens is 358 g/mol. The Morgan fingerprint density at radius 3 is 2.74 bits per heavy atom. The average molecular weight is 384 g/mol. The van der Waals surface area contributed by atoms with E-state index in [-0.39, 0.29) is 0 Å². The molecule has 27 heavy (non-hydrogen) atoms. The van der Waals surface area contributed by atoms with Crippen LogP contribution in [0.4, 0.5) is 11.4 Å². The maximum Gasteiger partial charge on any atom is 0.0623 e. The summed E-state index contributed by atoms with van der Waals surface area (Å²) in [5.74, 6) is 0. The van der Waals surface area contributed by atoms with Gasteiger partial charge in [-0.2, -0.15) is 0 Å². The van der Waals surface area contributed by atoms with Gasteiger partial charge in [-0.25, -0.2) is 0 Å². The molecule has 0 saturated heterocycles. The molecule has 0 saturated carbocycles. The maximum atomic E-state index is 6.15. The van der Waals surface area contributed by atoms with Crippen LogP contribution in [-0.2, 0) is 6.54 Å². The van der Waals surface area contributed by atoms with Crippen molar-refractivity contribution in [2.75, 3.05) is 24.5 Å². The van der Waals surface area contributed by atoms with Crippen LogP contribution in [0, 0.1) is 0 Å². The summed E-state index contributed by atoms with van der Waals surface area (Å²) in [6.45, 7) is 4.81. The second-order valence-electron chi connectivity index (χ2n) is 6.48. The van der Waals surface area contributed by atoms with Crippen LogP contribution >= 0.6 is 11.6 Å². The molecule has 0 aromatic heterocycles. The minimum Gasteiger partial charge on any atom is -0.401 e. The topological polar surface area (TPSA) is 79.3 Å². The number of nitrogens with two attached hydrogens (primary N) is 2. The van der Waals surface area contributed by atoms with Gasteiger partial charge in [0.05, 0.1) is 11.4 Å². The predicted molar refractivity (Wildman–Crippen MR) is 115 cm³/mol. The molecule has 1 heterocycles. The monoisotopic (exact) mass is 383 g/mol. The summed E-state index contributed by atoms with van der Waals surface area (Å²) in [5.41, 5.74) is 17.9. The summed E-state index contributed by atoms with van der Waals surface area (Å²) in [7, 11) is 0. The van der Waals surface area contributed by atoms with Crippen molar-refractivity contribution in [3.05, 3.63) is 76.6 Å². The van der Waals surface area contributed by atoms with E-state index in [2.05, 4.69) is 33.7 Å². The smallest absolute Gasteiger partial charge is 0.0623 e. The van der Waals surface area contributed by atoms with Crippen LogP contribution in [0.1, 0.15) is 18.1 Å². The van der Waals surface area contributed by atoms with Crippen LogP contribution in [0.3, 0.4) is 0 Å². The first-order valence-corrected chi connectivity index (χ1v) is 9.43. The third kappa shape index (κ3) is 4.56. The fourth-order valence-corrected chi connectivity index (χ4v) is 3.33. The van der Waals surface area contributed by atoms with E-state index in [0.29, 0.717) is 6.54 Å². The molecule has 5 nitrogen and oxygen atoms in total. The lowest BCUT2D eigenvalue weighted by molar-refractivity contribution is 0.843. The molecular formula is C21H26ClN5. The number of hydrogen-bond acceptors (Lipinski definition) is 5. The number of hydrogen-bond donors (Lipinski definition) is 4.